The van der Waals surface area contributed by atoms with Crippen molar-refractivity contribution in [3.63, 3.8) is 0 Å². The highest BCUT2D eigenvalue weighted by atomic mass is 32.2. The van der Waals surface area contributed by atoms with E-state index >= 15 is 0 Å². The van der Waals surface area contributed by atoms with Gasteiger partial charge in [-0.1, -0.05) is 12.5 Å². The number of allylic oxidation sites excluding steroid dienone is 4. The van der Waals surface area contributed by atoms with Crippen LogP contribution in [0.4, 0.5) is 11.4 Å². The molecule has 16 heteroatoms. The number of hydrogen-bond donors (Lipinski definition) is 3. The molecular formula is C39H55N2O12S2+. The molecule has 55 heavy (non-hydrogen) atoms. The first kappa shape index (κ1) is 44.2. The molecule has 0 aliphatic carbocycles. The monoisotopic (exact) mass is 807 g/mol. The van der Waals surface area contributed by atoms with E-state index in [0.29, 0.717) is 90.6 Å². The van der Waals surface area contributed by atoms with Crippen molar-refractivity contribution in [1.82, 2.24) is 0 Å². The smallest absolute Gasteiger partial charge is 0.303 e. The van der Waals surface area contributed by atoms with Crippen molar-refractivity contribution in [2.75, 3.05) is 71.3 Å². The van der Waals surface area contributed by atoms with Gasteiger partial charge in [-0.05, 0) is 88.9 Å². The van der Waals surface area contributed by atoms with E-state index in [1.54, 1.807) is 19.2 Å². The third-order valence-corrected chi connectivity index (χ3v) is 11.9. The number of carboxylic acid groups (broad SMARTS) is 1. The van der Waals surface area contributed by atoms with Crippen LogP contribution in [0.5, 0.6) is 0 Å². The van der Waals surface area contributed by atoms with Crippen molar-refractivity contribution in [2.45, 2.75) is 80.4 Å². The zero-order chi connectivity index (χ0) is 40.4. The summed E-state index contributed by atoms with van der Waals surface area (Å²) in [6.07, 6.45) is 8.28. The Bertz CT molecular complexity index is 1990. The van der Waals surface area contributed by atoms with Crippen molar-refractivity contribution in [3.8, 4) is 0 Å². The molecule has 0 bridgehead atoms. The van der Waals surface area contributed by atoms with E-state index in [9.17, 15) is 30.7 Å². The number of anilines is 1. The summed E-state index contributed by atoms with van der Waals surface area (Å²) in [6.45, 7) is 12.0. The Kier molecular flexibility index (Phi) is 15.4. The standard InChI is InChI=1S/C39H54N2O12S2/c1-6-40-33-16-14-29(54(44,45)46)27-31(33)38(2,3)35(40)11-10-12-36-39(4,18-20-51-23-24-53-26-25-52-22-21-50-5)32-28-30(55(47,48)49)15-17-34(32)41(36)19-9-7-8-13-37(42)43/h10-12,14-17,27-28H,6-9,13,18-26H2,1-5H3,(H2-,42,43,44,45,46,47,48,49)/p+1. The summed E-state index contributed by atoms with van der Waals surface area (Å²) >= 11 is 0. The van der Waals surface area contributed by atoms with Gasteiger partial charge in [0.25, 0.3) is 20.2 Å². The maximum absolute atomic E-state index is 12.3. The van der Waals surface area contributed by atoms with Gasteiger partial charge in [-0.3, -0.25) is 13.9 Å². The maximum Gasteiger partial charge on any atom is 0.303 e. The second-order valence-corrected chi connectivity index (χ2v) is 17.1. The summed E-state index contributed by atoms with van der Waals surface area (Å²) in [6, 6.07) is 9.19. The molecule has 2 aromatic rings. The maximum atomic E-state index is 12.3. The molecular weight excluding hydrogens is 753 g/mol. The van der Waals surface area contributed by atoms with Crippen LogP contribution < -0.4 is 4.90 Å². The lowest BCUT2D eigenvalue weighted by Crippen LogP contribution is -2.31. The van der Waals surface area contributed by atoms with Crippen molar-refractivity contribution in [2.24, 2.45) is 0 Å². The topological polar surface area (TPSA) is 189 Å². The molecule has 0 fully saturated rings. The number of hydrogen-bond acceptors (Lipinski definition) is 10. The van der Waals surface area contributed by atoms with E-state index in [1.807, 2.05) is 45.9 Å². The third kappa shape index (κ3) is 10.9. The number of carbonyl (C=O) groups is 1. The lowest BCUT2D eigenvalue weighted by atomic mass is 9.78. The normalized spacial score (nSPS) is 18.8. The van der Waals surface area contributed by atoms with Crippen LogP contribution in [0.1, 0.15) is 70.9 Å². The molecule has 1 unspecified atom stereocenters. The molecule has 14 nitrogen and oxygen atoms in total. The molecule has 0 saturated carbocycles. The van der Waals surface area contributed by atoms with Crippen LogP contribution in [0.15, 0.2) is 70.1 Å². The van der Waals surface area contributed by atoms with E-state index in [2.05, 4.69) is 9.48 Å². The van der Waals surface area contributed by atoms with E-state index in [-0.39, 0.29) is 16.2 Å². The first-order chi connectivity index (χ1) is 26.0. The summed E-state index contributed by atoms with van der Waals surface area (Å²) in [5.41, 5.74) is 3.46. The van der Waals surface area contributed by atoms with Crippen LogP contribution in [0, 0.1) is 0 Å². The Morgan fingerprint density at radius 3 is 1.98 bits per heavy atom. The van der Waals surface area contributed by atoms with Gasteiger partial charge in [-0.2, -0.15) is 21.4 Å². The minimum absolute atomic E-state index is 0.0653. The Morgan fingerprint density at radius 2 is 1.40 bits per heavy atom. The number of aliphatic carboxylic acids is 1. The Labute approximate surface area is 324 Å². The van der Waals surface area contributed by atoms with Gasteiger partial charge in [0.2, 0.25) is 5.69 Å². The van der Waals surface area contributed by atoms with Gasteiger partial charge in [0.05, 0.1) is 54.8 Å². The van der Waals surface area contributed by atoms with Gasteiger partial charge in [0.1, 0.15) is 6.54 Å². The summed E-state index contributed by atoms with van der Waals surface area (Å²) < 4.78 is 92.5. The molecule has 2 heterocycles. The lowest BCUT2D eigenvalue weighted by molar-refractivity contribution is -0.433. The Morgan fingerprint density at radius 1 is 0.818 bits per heavy atom. The van der Waals surface area contributed by atoms with Gasteiger partial charge in [-0.15, -0.1) is 0 Å². The van der Waals surface area contributed by atoms with E-state index in [1.165, 1.54) is 24.3 Å². The highest BCUT2D eigenvalue weighted by Crippen LogP contribution is 2.51. The number of benzene rings is 2. The van der Waals surface area contributed by atoms with Crippen molar-refractivity contribution in [1.29, 1.82) is 0 Å². The SMILES string of the molecule is CC[N+]1=C(C=CC=C2N(CCCCCC(=O)O)c3ccc(S(=O)(=O)O)cc3C2(C)CCOCCOCCOCCOC)C(C)(C)c2cc(S(=O)(=O)O)ccc21. The predicted molar refractivity (Wildman–Crippen MR) is 208 cm³/mol. The van der Waals surface area contributed by atoms with Crippen molar-refractivity contribution < 1.29 is 59.4 Å². The number of ether oxygens (including phenoxy) is 4. The summed E-state index contributed by atoms with van der Waals surface area (Å²) in [7, 11) is -7.31. The average molecular weight is 808 g/mol. The summed E-state index contributed by atoms with van der Waals surface area (Å²) in [5.74, 6) is -0.854. The van der Waals surface area contributed by atoms with Gasteiger partial charge in [0, 0.05) is 61.2 Å². The number of unbranched alkanes of at least 4 members (excludes halogenated alkanes) is 2. The van der Waals surface area contributed by atoms with Gasteiger partial charge < -0.3 is 29.0 Å². The highest BCUT2D eigenvalue weighted by molar-refractivity contribution is 7.86. The number of nitrogens with zero attached hydrogens (tertiary/aromatic N) is 2. The first-order valence-corrected chi connectivity index (χ1v) is 21.3. The van der Waals surface area contributed by atoms with E-state index < -0.39 is 37.0 Å². The van der Waals surface area contributed by atoms with Crippen LogP contribution in [0.3, 0.4) is 0 Å². The largest absolute Gasteiger partial charge is 0.481 e. The van der Waals surface area contributed by atoms with E-state index in [0.717, 1.165) is 28.3 Å². The van der Waals surface area contributed by atoms with Crippen molar-refractivity contribution in [3.05, 3.63) is 71.5 Å². The van der Waals surface area contributed by atoms with Crippen LogP contribution >= 0.6 is 0 Å². The molecule has 3 N–H and O–H groups in total. The fraction of sp³-hybridized carbons (Fsp3) is 0.538. The molecule has 0 radical (unpaired) electrons. The predicted octanol–water partition coefficient (Wildman–Crippen LogP) is 5.53. The molecule has 0 spiro atoms. The van der Waals surface area contributed by atoms with Crippen molar-refractivity contribution >= 4 is 43.3 Å². The molecule has 4 rings (SSSR count). The minimum Gasteiger partial charge on any atom is -0.481 e. The second-order valence-electron chi connectivity index (χ2n) is 14.2. The number of methoxy groups -OCH3 is 1. The minimum atomic E-state index is -4.51. The third-order valence-electron chi connectivity index (χ3n) is 10.2. The lowest BCUT2D eigenvalue weighted by Gasteiger charge is -2.30. The Balaban J connectivity index is 1.67. The first-order valence-electron chi connectivity index (χ1n) is 18.5. The number of fused-ring (bicyclic) bond motifs is 2. The van der Waals surface area contributed by atoms with Gasteiger partial charge >= 0.3 is 5.97 Å². The molecule has 2 aromatic carbocycles. The molecule has 2 aliphatic heterocycles. The molecule has 0 amide bonds. The Hall–Kier alpha value is -3.48. The fourth-order valence-corrected chi connectivity index (χ4v) is 8.28. The molecule has 0 saturated heterocycles. The zero-order valence-corrected chi connectivity index (χ0v) is 34.0. The van der Waals surface area contributed by atoms with Crippen LogP contribution in [0.25, 0.3) is 0 Å². The van der Waals surface area contributed by atoms with Gasteiger partial charge in [0.15, 0.2) is 5.71 Å². The van der Waals surface area contributed by atoms with Gasteiger partial charge in [-0.25, -0.2) is 0 Å². The highest BCUT2D eigenvalue weighted by Gasteiger charge is 2.46. The quantitative estimate of drug-likeness (QED) is 0.0724. The molecule has 2 aliphatic rings. The van der Waals surface area contributed by atoms with Crippen LogP contribution in [-0.2, 0) is 54.8 Å². The number of carboxylic acids is 1. The van der Waals surface area contributed by atoms with Crippen LogP contribution in [-0.4, -0.2) is 114 Å². The molecule has 304 valence electrons. The van der Waals surface area contributed by atoms with Crippen LogP contribution in [0.2, 0.25) is 0 Å². The fourth-order valence-electron chi connectivity index (χ4n) is 7.27. The summed E-state index contributed by atoms with van der Waals surface area (Å²) in [5, 5.41) is 9.16. The number of rotatable bonds is 23. The molecule has 1 atom stereocenters. The zero-order valence-electron chi connectivity index (χ0n) is 32.3. The average Bonchev–Trinajstić information content (AvgIpc) is 3.48. The summed E-state index contributed by atoms with van der Waals surface area (Å²) in [4.78, 5) is 12.9. The second kappa shape index (κ2) is 19.1. The van der Waals surface area contributed by atoms with E-state index in [4.69, 9.17) is 24.1 Å². The molecule has 0 aromatic heterocycles.